The Morgan fingerprint density at radius 3 is 0.603 bits per heavy atom. The molecule has 0 aromatic heterocycles. The van der Waals surface area contributed by atoms with Crippen LogP contribution in [0, 0.1) is 63.2 Å². The Labute approximate surface area is 797 Å². The average molecular weight is 1860 g/mol. The summed E-state index contributed by atoms with van der Waals surface area (Å²) in [5.41, 5.74) is 2.72. The molecule has 4 aliphatic heterocycles. The molecule has 0 unspecified atom stereocenters. The normalized spacial score (nSPS) is 20.7. The first kappa shape index (κ1) is 108. The summed E-state index contributed by atoms with van der Waals surface area (Å²) in [7, 11) is 0. The molecule has 10 radical (unpaired) electrons. The van der Waals surface area contributed by atoms with Crippen molar-refractivity contribution in [2.24, 2.45) is 0 Å². The van der Waals surface area contributed by atoms with Gasteiger partial charge in [-0.05, 0) is 170 Å². The van der Waals surface area contributed by atoms with Crippen LogP contribution in [0.1, 0.15) is 114 Å². The van der Waals surface area contributed by atoms with Crippen LogP contribution in [0.15, 0.2) is 109 Å². The largest absolute Gasteiger partial charge is 2.00 e. The third kappa shape index (κ3) is 43.3. The minimum absolute atomic E-state index is 0. The Balaban J connectivity index is 0.000000270. The van der Waals surface area contributed by atoms with E-state index >= 15 is 0 Å². The molecular formula is C106H158FeN8O16+2. The Morgan fingerprint density at radius 1 is 0.214 bits per heavy atom. The van der Waals surface area contributed by atoms with Crippen molar-refractivity contribution in [3.63, 3.8) is 0 Å². The zero-order chi connectivity index (χ0) is 89.7. The van der Waals surface area contributed by atoms with Gasteiger partial charge >= 0.3 is 17.1 Å². The fourth-order valence-electron chi connectivity index (χ4n) is 17.5. The van der Waals surface area contributed by atoms with Gasteiger partial charge < -0.3 is 76.1 Å². The van der Waals surface area contributed by atoms with Crippen molar-refractivity contribution < 1.29 is 93.0 Å². The van der Waals surface area contributed by atoms with E-state index in [0.717, 1.165) is 118 Å². The van der Waals surface area contributed by atoms with E-state index in [4.69, 9.17) is 66.3 Å². The molecule has 6 aromatic carbocycles. The molecule has 4 saturated heterocycles. The van der Waals surface area contributed by atoms with Crippen molar-refractivity contribution >= 4 is 54.9 Å². The molecule has 0 spiro atoms. The van der Waals surface area contributed by atoms with Crippen LogP contribution in [0.4, 0.5) is 0 Å². The molecule has 724 valence electrons. The number of fused-ring (bicyclic) bond motifs is 4. The van der Waals surface area contributed by atoms with Gasteiger partial charge in [0.05, 0.1) is 197 Å². The molecule has 6 aliphatic rings. The zero-order valence-electron chi connectivity index (χ0n) is 79.1. The molecule has 0 N–H and O–H groups in total. The standard InChI is InChI=1S/2C53H79N4O8.Fe/c2*58-53(47-15-7-8-16-47)57-29-37-59-31-23-54(24-32-62-43-44-65-38-30-57)21-13-5-3-1-2-4-6-14-22-55-25-33-60-39-41-63-35-27-56(28-36-64-42-40-61-34-26-55)46-52-50-19-11-9-17-48(50)45-49-18-10-12-20-51(49)52;/h2*7-12,15-20,45H,1-6,13-14,21-44,46H2;/q;;+2. The predicted octanol–water partition coefficient (Wildman–Crippen LogP) is 13.8. The Morgan fingerprint density at radius 2 is 0.389 bits per heavy atom. The summed E-state index contributed by atoms with van der Waals surface area (Å²) in [6.07, 6.45) is 35.1. The molecule has 2 saturated carbocycles. The van der Waals surface area contributed by atoms with Gasteiger partial charge in [-0.2, -0.15) is 0 Å². The molecule has 0 atom stereocenters. The molecule has 25 heteroatoms. The Bertz CT molecular complexity index is 3530. The van der Waals surface area contributed by atoms with Gasteiger partial charge in [0, 0.05) is 118 Å². The third-order valence-electron chi connectivity index (χ3n) is 25.2. The zero-order valence-corrected chi connectivity index (χ0v) is 80.2. The fraction of sp³-hybridized carbons (Fsp3) is 0.623. The first-order chi connectivity index (χ1) is 64.5. The van der Waals surface area contributed by atoms with Crippen LogP contribution >= 0.6 is 0 Å². The van der Waals surface area contributed by atoms with Gasteiger partial charge in [-0.25, -0.2) is 0 Å². The number of rotatable bonds is 28. The number of carbonyl (C=O) groups is 2. The smallest absolute Gasteiger partial charge is 0.378 e. The van der Waals surface area contributed by atoms with E-state index in [1.165, 1.54) is 157 Å². The molecule has 0 bridgehead atoms. The van der Waals surface area contributed by atoms with E-state index in [9.17, 15) is 9.59 Å². The minimum atomic E-state index is 0. The molecule has 24 nitrogen and oxygen atoms in total. The quantitative estimate of drug-likeness (QED) is 0.0256. The van der Waals surface area contributed by atoms with Gasteiger partial charge in [0.1, 0.15) is 0 Å². The van der Waals surface area contributed by atoms with Gasteiger partial charge in [0.15, 0.2) is 0 Å². The Kier molecular flexibility index (Phi) is 56.9. The number of benzene rings is 6. The molecule has 2 aliphatic carbocycles. The summed E-state index contributed by atoms with van der Waals surface area (Å²) in [6.45, 7) is 35.9. The second-order valence-electron chi connectivity index (χ2n) is 34.7. The molecule has 12 rings (SSSR count). The van der Waals surface area contributed by atoms with Crippen LogP contribution in [-0.2, 0) is 106 Å². The maximum Gasteiger partial charge on any atom is 2.00 e. The molecule has 131 heavy (non-hydrogen) atoms. The van der Waals surface area contributed by atoms with E-state index in [1.54, 1.807) is 0 Å². The van der Waals surface area contributed by atoms with E-state index in [0.29, 0.717) is 223 Å². The summed E-state index contributed by atoms with van der Waals surface area (Å²) >= 11 is 0. The van der Waals surface area contributed by atoms with Crippen LogP contribution < -0.4 is 0 Å². The SMILES string of the molecule is O=C([C]1[CH][CH][CH][CH]1)N1CCOCCOCCN(CCCCCCCCCCN2CCOCCOCCN(Cc3c4ccccc4cc4ccccc34)CCOCCOCC2)CCOCC1.O=C([C]1[CH][CH][CH][CH]1)N1CCOCCOCCN(CCCCCCCCCCN2CCOCCOCCN(Cc3c4ccccc4cc4ccccc34)CCOCCOCC2)CCOCC1.[Fe+2]. The van der Waals surface area contributed by atoms with Crippen molar-refractivity contribution in [3.8, 4) is 0 Å². The number of nitrogens with zero attached hydrogens (tertiary/aromatic N) is 8. The number of amides is 2. The molecule has 6 aromatic rings. The number of carbonyl (C=O) groups excluding carboxylic acids is 2. The summed E-state index contributed by atoms with van der Waals surface area (Å²) in [5, 5.41) is 10.3. The first-order valence-electron chi connectivity index (χ1n) is 49.7. The molecule has 2 amide bonds. The fourth-order valence-corrected chi connectivity index (χ4v) is 17.5. The van der Waals surface area contributed by atoms with E-state index in [2.05, 4.69) is 139 Å². The summed E-state index contributed by atoms with van der Waals surface area (Å²) in [5.74, 6) is 1.48. The van der Waals surface area contributed by atoms with Crippen molar-refractivity contribution in [2.45, 2.75) is 116 Å². The average Bonchev–Trinajstić information content (AvgIpc) is 1.04. The second kappa shape index (κ2) is 68.9. The molecule has 4 heterocycles. The Hall–Kier alpha value is -4.98. The van der Waals surface area contributed by atoms with Crippen LogP contribution in [-0.4, -0.2) is 367 Å². The van der Waals surface area contributed by atoms with Crippen molar-refractivity contribution in [1.29, 1.82) is 0 Å². The van der Waals surface area contributed by atoms with E-state index in [1.807, 2.05) is 61.2 Å². The predicted molar refractivity (Wildman–Crippen MR) is 519 cm³/mol. The van der Waals surface area contributed by atoms with E-state index < -0.39 is 0 Å². The van der Waals surface area contributed by atoms with Gasteiger partial charge in [-0.15, -0.1) is 0 Å². The summed E-state index contributed by atoms with van der Waals surface area (Å²) < 4.78 is 83.9. The van der Waals surface area contributed by atoms with Gasteiger partial charge in [-0.3, -0.25) is 39.0 Å². The van der Waals surface area contributed by atoms with Crippen LogP contribution in [0.25, 0.3) is 43.1 Å². The number of hydrogen-bond acceptors (Lipinski definition) is 22. The minimum Gasteiger partial charge on any atom is -0.378 e. The van der Waals surface area contributed by atoms with Crippen LogP contribution in [0.2, 0.25) is 0 Å². The van der Waals surface area contributed by atoms with Crippen LogP contribution in [0.5, 0.6) is 0 Å². The van der Waals surface area contributed by atoms with Gasteiger partial charge in [0.2, 0.25) is 11.8 Å². The second-order valence-corrected chi connectivity index (χ2v) is 34.7. The van der Waals surface area contributed by atoms with Gasteiger partial charge in [0.25, 0.3) is 0 Å². The molecule has 6 fully saturated rings. The number of hydrogen-bond donors (Lipinski definition) is 0. The van der Waals surface area contributed by atoms with Crippen LogP contribution in [0.3, 0.4) is 0 Å². The topological polar surface area (TPSA) is 189 Å². The van der Waals surface area contributed by atoms with Crippen molar-refractivity contribution in [3.05, 3.63) is 184 Å². The van der Waals surface area contributed by atoms with E-state index in [-0.39, 0.29) is 28.9 Å². The molecular weight excluding hydrogens is 1700 g/mol. The van der Waals surface area contributed by atoms with Crippen molar-refractivity contribution in [2.75, 3.05) is 316 Å². The van der Waals surface area contributed by atoms with Gasteiger partial charge in [-0.1, -0.05) is 174 Å². The number of unbranched alkanes of at least 4 members (excludes halogenated alkanes) is 14. The number of ether oxygens (including phenoxy) is 14. The monoisotopic (exact) mass is 1860 g/mol. The maximum atomic E-state index is 13.0. The summed E-state index contributed by atoms with van der Waals surface area (Å²) in [4.78, 5) is 44.4. The van der Waals surface area contributed by atoms with Crippen molar-refractivity contribution in [1.82, 2.24) is 39.2 Å². The maximum absolute atomic E-state index is 13.0. The summed E-state index contributed by atoms with van der Waals surface area (Å²) in [6, 6.07) is 39.5. The third-order valence-corrected chi connectivity index (χ3v) is 25.2. The first-order valence-corrected chi connectivity index (χ1v) is 49.7.